The van der Waals surface area contributed by atoms with Crippen molar-refractivity contribution >= 4 is 23.4 Å². The summed E-state index contributed by atoms with van der Waals surface area (Å²) >= 11 is 0. The minimum Gasteiger partial charge on any atom is -0.494 e. The molecule has 11 nitrogen and oxygen atoms in total. The number of carbonyl (C=O) groups is 3. The van der Waals surface area contributed by atoms with Crippen LogP contribution in [-0.4, -0.2) is 127 Å². The first kappa shape index (κ1) is 35.1. The van der Waals surface area contributed by atoms with Crippen LogP contribution in [0.25, 0.3) is 0 Å². The lowest BCUT2D eigenvalue weighted by atomic mass is 9.66. The molecule has 3 amide bonds. The second kappa shape index (κ2) is 14.5. The number of nitrogens with zero attached hydrogens (tertiary/aromatic N) is 4. The van der Waals surface area contributed by atoms with Gasteiger partial charge in [0.15, 0.2) is 0 Å². The van der Waals surface area contributed by atoms with Gasteiger partial charge in [0.25, 0.3) is 0 Å². The van der Waals surface area contributed by atoms with Crippen LogP contribution in [0.3, 0.4) is 0 Å². The highest BCUT2D eigenvalue weighted by atomic mass is 16.5. The highest BCUT2D eigenvalue weighted by molar-refractivity contribution is 6.03. The molecule has 2 bridgehead atoms. The van der Waals surface area contributed by atoms with Gasteiger partial charge >= 0.3 is 0 Å². The van der Waals surface area contributed by atoms with E-state index in [9.17, 15) is 19.5 Å². The summed E-state index contributed by atoms with van der Waals surface area (Å²) in [5, 5.41) is 10.6. The molecule has 1 spiro atoms. The van der Waals surface area contributed by atoms with Gasteiger partial charge in [0.1, 0.15) is 17.4 Å². The summed E-state index contributed by atoms with van der Waals surface area (Å²) in [4.78, 5) is 51.5. The molecule has 1 aromatic carbocycles. The number of benzene rings is 1. The maximum Gasteiger partial charge on any atom is 0.248 e. The highest BCUT2D eigenvalue weighted by Crippen LogP contribution is 2.64. The van der Waals surface area contributed by atoms with E-state index in [0.29, 0.717) is 63.7 Å². The Balaban J connectivity index is 1.53. The van der Waals surface area contributed by atoms with Gasteiger partial charge in [-0.15, -0.1) is 13.2 Å². The molecule has 1 N–H and O–H groups in total. The van der Waals surface area contributed by atoms with Gasteiger partial charge in [0.2, 0.25) is 17.7 Å². The molecule has 4 aliphatic rings. The van der Waals surface area contributed by atoms with Crippen molar-refractivity contribution in [1.29, 1.82) is 0 Å². The van der Waals surface area contributed by atoms with E-state index in [1.807, 2.05) is 52.0 Å². The number of aliphatic hydroxyl groups is 1. The van der Waals surface area contributed by atoms with Crippen molar-refractivity contribution in [2.24, 2.45) is 17.8 Å². The van der Waals surface area contributed by atoms with Gasteiger partial charge in [-0.1, -0.05) is 26.0 Å². The molecule has 0 aliphatic carbocycles. The highest BCUT2D eigenvalue weighted by Gasteiger charge is 2.79. The molecule has 6 atom stereocenters. The predicted octanol–water partition coefficient (Wildman–Crippen LogP) is 2.73. The Kier molecular flexibility index (Phi) is 10.8. The molecular formula is C36H52N4O7. The van der Waals surface area contributed by atoms with Crippen molar-refractivity contribution in [2.45, 2.75) is 63.8 Å². The molecule has 0 aromatic heterocycles. The van der Waals surface area contributed by atoms with Gasteiger partial charge < -0.3 is 34.0 Å². The number of likely N-dealkylation sites (tertiary alicyclic amines) is 1. The van der Waals surface area contributed by atoms with Crippen LogP contribution < -0.4 is 9.64 Å². The molecule has 47 heavy (non-hydrogen) atoms. The first-order valence-electron chi connectivity index (χ1n) is 17.0. The van der Waals surface area contributed by atoms with Crippen LogP contribution in [0.2, 0.25) is 0 Å². The molecule has 4 heterocycles. The summed E-state index contributed by atoms with van der Waals surface area (Å²) in [6.07, 6.45) is 4.35. The Morgan fingerprint density at radius 3 is 2.38 bits per heavy atom. The number of aliphatic hydroxyl groups excluding tert-OH is 1. The van der Waals surface area contributed by atoms with Crippen molar-refractivity contribution < 1.29 is 33.7 Å². The van der Waals surface area contributed by atoms with Crippen LogP contribution in [-0.2, 0) is 23.9 Å². The molecular weight excluding hydrogens is 600 g/mol. The predicted molar refractivity (Wildman–Crippen MR) is 179 cm³/mol. The van der Waals surface area contributed by atoms with Gasteiger partial charge in [0, 0.05) is 45.0 Å². The third-order valence-corrected chi connectivity index (χ3v) is 10.5. The quantitative estimate of drug-likeness (QED) is 0.288. The minimum absolute atomic E-state index is 0.140. The van der Waals surface area contributed by atoms with E-state index in [-0.39, 0.29) is 36.8 Å². The van der Waals surface area contributed by atoms with E-state index < -0.39 is 35.1 Å². The number of rotatable bonds is 15. The largest absolute Gasteiger partial charge is 0.494 e. The van der Waals surface area contributed by atoms with E-state index in [2.05, 4.69) is 18.1 Å². The number of hydrogen-bond donors (Lipinski definition) is 1. The molecule has 11 heteroatoms. The van der Waals surface area contributed by atoms with Crippen molar-refractivity contribution in [2.75, 3.05) is 70.6 Å². The Hall–Kier alpha value is -3.25. The number of fused-ring (bicyclic) bond motifs is 1. The summed E-state index contributed by atoms with van der Waals surface area (Å²) in [7, 11) is 0. The van der Waals surface area contributed by atoms with E-state index in [0.717, 1.165) is 13.1 Å². The average molecular weight is 653 g/mol. The second-order valence-corrected chi connectivity index (χ2v) is 13.7. The second-order valence-electron chi connectivity index (χ2n) is 13.7. The topological polar surface area (TPSA) is 112 Å². The fourth-order valence-corrected chi connectivity index (χ4v) is 8.21. The first-order valence-corrected chi connectivity index (χ1v) is 17.0. The van der Waals surface area contributed by atoms with Gasteiger partial charge in [-0.2, -0.15) is 0 Å². The number of amides is 3. The van der Waals surface area contributed by atoms with Gasteiger partial charge in [-0.3, -0.25) is 19.3 Å². The van der Waals surface area contributed by atoms with Gasteiger partial charge in [0.05, 0.1) is 49.9 Å². The van der Waals surface area contributed by atoms with Crippen molar-refractivity contribution in [3.05, 3.63) is 49.6 Å². The van der Waals surface area contributed by atoms with Crippen LogP contribution in [0, 0.1) is 17.8 Å². The third kappa shape index (κ3) is 6.35. The molecule has 1 aromatic rings. The smallest absolute Gasteiger partial charge is 0.248 e. The number of ether oxygens (including phenoxy) is 3. The van der Waals surface area contributed by atoms with Gasteiger partial charge in [-0.25, -0.2) is 0 Å². The first-order chi connectivity index (χ1) is 22.6. The van der Waals surface area contributed by atoms with E-state index in [1.165, 1.54) is 0 Å². The zero-order chi connectivity index (χ0) is 33.9. The Labute approximate surface area is 279 Å². The SMILES string of the molecule is C=CCN(CCN1CCOCC1)C(=O)C1N([C@@H](CO)C(C)C)C(=O)[C@@H]2[C@H](C(=O)N(CC=C)c3ccc(OCC)cc3)[C@]3(C)CCC12O3. The lowest BCUT2D eigenvalue weighted by Crippen LogP contribution is -2.60. The maximum atomic E-state index is 14.8. The number of anilines is 1. The molecule has 2 unspecified atom stereocenters. The van der Waals surface area contributed by atoms with Gasteiger partial charge in [-0.05, 0) is 56.9 Å². The fraction of sp³-hybridized carbons (Fsp3) is 0.639. The van der Waals surface area contributed by atoms with E-state index >= 15 is 0 Å². The number of hydrogen-bond acceptors (Lipinski definition) is 8. The molecule has 4 saturated heterocycles. The summed E-state index contributed by atoms with van der Waals surface area (Å²) in [6.45, 7) is 20.2. The summed E-state index contributed by atoms with van der Waals surface area (Å²) in [6, 6.07) is 5.69. The number of carbonyl (C=O) groups excluding carboxylic acids is 3. The van der Waals surface area contributed by atoms with Crippen LogP contribution in [0.15, 0.2) is 49.6 Å². The van der Waals surface area contributed by atoms with Crippen LogP contribution in [0.4, 0.5) is 5.69 Å². The van der Waals surface area contributed by atoms with Crippen molar-refractivity contribution in [3.8, 4) is 5.75 Å². The van der Waals surface area contributed by atoms with Crippen LogP contribution >= 0.6 is 0 Å². The Morgan fingerprint density at radius 1 is 1.11 bits per heavy atom. The van der Waals surface area contributed by atoms with Crippen molar-refractivity contribution in [1.82, 2.24) is 14.7 Å². The zero-order valence-corrected chi connectivity index (χ0v) is 28.4. The van der Waals surface area contributed by atoms with Crippen LogP contribution in [0.1, 0.15) is 40.5 Å². The number of morpholine rings is 1. The standard InChI is InChI=1S/C36H52N4O7/c1-7-16-38(19-18-37-20-22-45-23-21-37)34(44)31-36-15-14-35(6,47-36)29(30(36)33(43)40(31)28(24-41)25(4)5)32(42)39(17-8-2)26-10-12-27(13-11-26)46-9-3/h7-8,10-13,25,28-31,41H,1-2,9,14-24H2,3-6H3/t28-,29+,30-,31?,35-,36?/m0/s1. The molecule has 0 radical (unpaired) electrons. The minimum atomic E-state index is -1.21. The molecule has 258 valence electrons. The fourth-order valence-electron chi connectivity index (χ4n) is 8.21. The zero-order valence-electron chi connectivity index (χ0n) is 28.4. The monoisotopic (exact) mass is 652 g/mol. The van der Waals surface area contributed by atoms with Crippen molar-refractivity contribution in [3.63, 3.8) is 0 Å². The lowest BCUT2D eigenvalue weighted by Gasteiger charge is -2.41. The lowest BCUT2D eigenvalue weighted by molar-refractivity contribution is -0.155. The third-order valence-electron chi connectivity index (χ3n) is 10.5. The summed E-state index contributed by atoms with van der Waals surface area (Å²) < 4.78 is 18.0. The molecule has 5 rings (SSSR count). The maximum absolute atomic E-state index is 14.8. The summed E-state index contributed by atoms with van der Waals surface area (Å²) in [5.41, 5.74) is -1.50. The van der Waals surface area contributed by atoms with Crippen LogP contribution in [0.5, 0.6) is 5.75 Å². The van der Waals surface area contributed by atoms with E-state index in [1.54, 1.807) is 26.9 Å². The Bertz CT molecular complexity index is 1310. The van der Waals surface area contributed by atoms with E-state index in [4.69, 9.17) is 14.2 Å². The molecule has 4 fully saturated rings. The molecule has 4 aliphatic heterocycles. The summed E-state index contributed by atoms with van der Waals surface area (Å²) in [5.74, 6) is -1.95. The normalized spacial score (nSPS) is 29.1. The Morgan fingerprint density at radius 2 is 1.79 bits per heavy atom. The average Bonchev–Trinajstić information content (AvgIpc) is 3.63. The molecule has 0 saturated carbocycles.